The van der Waals surface area contributed by atoms with Crippen LogP contribution in [0.25, 0.3) is 0 Å². The number of hydrogen-bond donors (Lipinski definition) is 0. The van der Waals surface area contributed by atoms with Gasteiger partial charge in [-0.1, -0.05) is 5.01 Å². The fourth-order valence-corrected chi connectivity index (χ4v) is 1.48. The Hall–Kier alpha value is -2.93. The van der Waals surface area contributed by atoms with E-state index in [-0.39, 0.29) is 18.0 Å². The molecule has 0 unspecified atom stereocenters. The van der Waals surface area contributed by atoms with Crippen molar-refractivity contribution in [2.24, 2.45) is 4.99 Å². The molecule has 14 heteroatoms. The van der Waals surface area contributed by atoms with Gasteiger partial charge in [-0.15, -0.1) is 0 Å². The van der Waals surface area contributed by atoms with Crippen LogP contribution in [0.5, 0.6) is 0 Å². The van der Waals surface area contributed by atoms with Crippen LogP contribution in [0, 0.1) is 40.5 Å². The van der Waals surface area contributed by atoms with Crippen LogP contribution in [0.2, 0.25) is 0 Å². The van der Waals surface area contributed by atoms with E-state index in [1.165, 1.54) is 0 Å². The van der Waals surface area contributed by atoms with Crippen LogP contribution in [0.4, 0.5) is 0 Å². The summed E-state index contributed by atoms with van der Waals surface area (Å²) in [4.78, 5) is 40.8. The highest BCUT2D eigenvalue weighted by Gasteiger charge is 2.80. The first kappa shape index (κ1) is 14.1. The Morgan fingerprint density at radius 2 is 1.47 bits per heavy atom. The molecule has 0 aromatic carbocycles. The third-order valence-electron chi connectivity index (χ3n) is 2.29. The molecule has 0 N–H and O–H groups in total. The highest BCUT2D eigenvalue weighted by molar-refractivity contribution is 5.86. The summed E-state index contributed by atoms with van der Waals surface area (Å²) in [6.45, 7) is -0.653. The highest BCUT2D eigenvalue weighted by Crippen LogP contribution is 2.20. The van der Waals surface area contributed by atoms with Crippen LogP contribution in [-0.4, -0.2) is 49.5 Å². The lowest BCUT2D eigenvalue weighted by Gasteiger charge is -2.19. The maximum Gasteiger partial charge on any atom is 0.766 e. The van der Waals surface area contributed by atoms with Gasteiger partial charge >= 0.3 is 11.6 Å². The molecule has 19 heavy (non-hydrogen) atoms. The van der Waals surface area contributed by atoms with Crippen LogP contribution in [0.1, 0.15) is 6.42 Å². The number of aliphatic imine (C=N–C) groups is 1. The predicted octanol–water partition coefficient (Wildman–Crippen LogP) is -1.23. The van der Waals surface area contributed by atoms with Gasteiger partial charge in [-0.2, -0.15) is 0 Å². The first-order valence-electron chi connectivity index (χ1n) is 4.66. The van der Waals surface area contributed by atoms with Crippen molar-refractivity contribution in [1.82, 2.24) is 5.01 Å². The van der Waals surface area contributed by atoms with E-state index in [4.69, 9.17) is 0 Å². The third-order valence-corrected chi connectivity index (χ3v) is 2.29. The summed E-state index contributed by atoms with van der Waals surface area (Å²) in [5, 5.41) is 41.7. The fraction of sp³-hybridized carbons (Fsp3) is 0.800. The topological polar surface area (TPSA) is 188 Å². The molecule has 14 nitrogen and oxygen atoms in total. The van der Waals surface area contributed by atoms with E-state index in [0.717, 1.165) is 0 Å². The van der Waals surface area contributed by atoms with E-state index in [9.17, 15) is 40.5 Å². The summed E-state index contributed by atoms with van der Waals surface area (Å²) in [6, 6.07) is 0. The summed E-state index contributed by atoms with van der Waals surface area (Å²) >= 11 is 0. The van der Waals surface area contributed by atoms with Crippen molar-refractivity contribution >= 4 is 5.84 Å². The zero-order valence-electron chi connectivity index (χ0n) is 9.07. The molecular weight excluding hydrogens is 272 g/mol. The second-order valence-corrected chi connectivity index (χ2v) is 3.33. The number of nitrogens with zero attached hydrogens (tertiary/aromatic N) is 6. The monoisotopic (exact) mass is 278 g/mol. The van der Waals surface area contributed by atoms with Crippen molar-refractivity contribution < 1.29 is 19.8 Å². The molecule has 1 rings (SSSR count). The summed E-state index contributed by atoms with van der Waals surface area (Å²) < 4.78 is 0. The molecule has 0 amide bonds. The first-order chi connectivity index (χ1) is 8.76. The maximum absolute atomic E-state index is 10.8. The van der Waals surface area contributed by atoms with Crippen LogP contribution in [-0.2, 0) is 0 Å². The van der Waals surface area contributed by atoms with Gasteiger partial charge in [0.05, 0.1) is 6.54 Å². The zero-order chi connectivity index (χ0) is 14.8. The van der Waals surface area contributed by atoms with Gasteiger partial charge in [0, 0.05) is 6.54 Å². The molecular formula is C5H6N6O8. The normalized spacial score (nSPS) is 15.6. The molecule has 104 valence electrons. The van der Waals surface area contributed by atoms with Gasteiger partial charge in [0.15, 0.2) is 19.8 Å². The second kappa shape index (κ2) is 4.75. The Labute approximate surface area is 102 Å². The van der Waals surface area contributed by atoms with Crippen LogP contribution in [0.15, 0.2) is 4.99 Å². The summed E-state index contributed by atoms with van der Waals surface area (Å²) in [5.74, 6) is -5.49. The van der Waals surface area contributed by atoms with Gasteiger partial charge in [0.2, 0.25) is 0 Å². The number of hydrogen-bond acceptors (Lipinski definition) is 9. The highest BCUT2D eigenvalue weighted by atomic mass is 16.7. The molecule has 0 aliphatic carbocycles. The van der Waals surface area contributed by atoms with Crippen molar-refractivity contribution in [3.8, 4) is 0 Å². The number of nitro groups is 4. The van der Waals surface area contributed by atoms with Crippen LogP contribution < -0.4 is 0 Å². The Kier molecular flexibility index (Phi) is 3.53. The zero-order valence-corrected chi connectivity index (χ0v) is 9.07. The lowest BCUT2D eigenvalue weighted by molar-refractivity contribution is -0.948. The largest absolute Gasteiger partial charge is 0.766 e. The average Bonchev–Trinajstić information content (AvgIpc) is 2.28. The van der Waals surface area contributed by atoms with E-state index in [1.807, 2.05) is 0 Å². The minimum Gasteiger partial charge on any atom is -0.252 e. The SMILES string of the molecule is O=[N+]([O-])N1CCCN=C1C([N+](=O)[O-])([N+](=O)[O-])[N+](=O)[O-]. The van der Waals surface area contributed by atoms with Crippen molar-refractivity contribution in [1.29, 1.82) is 0 Å². The maximum atomic E-state index is 10.8. The Balaban J connectivity index is 3.51. The van der Waals surface area contributed by atoms with Gasteiger partial charge in [0.25, 0.3) is 0 Å². The standard InChI is InChI=1S/C5H6N6O8/c12-8(13)5(9(14)15,10(16)17)4-6-2-1-3-7(4)11(18)19/h1-3H2. The molecule has 0 atom stereocenters. The quantitative estimate of drug-likeness (QED) is 0.336. The van der Waals surface area contributed by atoms with E-state index in [0.29, 0.717) is 0 Å². The fourth-order valence-electron chi connectivity index (χ4n) is 1.48. The molecule has 0 fully saturated rings. The molecule has 1 aliphatic heterocycles. The number of amidine groups is 1. The molecule has 0 saturated heterocycles. The van der Waals surface area contributed by atoms with E-state index in [2.05, 4.69) is 4.99 Å². The van der Waals surface area contributed by atoms with E-state index in [1.54, 1.807) is 0 Å². The first-order valence-corrected chi connectivity index (χ1v) is 4.66. The molecule has 0 radical (unpaired) electrons. The molecule has 1 aliphatic rings. The van der Waals surface area contributed by atoms with E-state index < -0.39 is 38.0 Å². The molecule has 0 spiro atoms. The van der Waals surface area contributed by atoms with Gasteiger partial charge in [-0.25, -0.2) is 15.1 Å². The van der Waals surface area contributed by atoms with Gasteiger partial charge in [-0.05, 0) is 6.42 Å². The molecule has 0 aromatic rings. The van der Waals surface area contributed by atoms with Gasteiger partial charge < -0.3 is 0 Å². The minimum absolute atomic E-state index is 0.0438. The van der Waals surface area contributed by atoms with Crippen molar-refractivity contribution in [3.05, 3.63) is 40.5 Å². The van der Waals surface area contributed by atoms with Gasteiger partial charge in [-0.3, -0.25) is 30.3 Å². The lowest BCUT2D eigenvalue weighted by Crippen LogP contribution is -2.65. The van der Waals surface area contributed by atoms with Crippen LogP contribution >= 0.6 is 0 Å². The smallest absolute Gasteiger partial charge is 0.252 e. The van der Waals surface area contributed by atoms with Gasteiger partial charge in [0.1, 0.15) is 0 Å². The molecule has 0 saturated carbocycles. The molecule has 1 heterocycles. The van der Waals surface area contributed by atoms with E-state index >= 15 is 0 Å². The summed E-state index contributed by atoms with van der Waals surface area (Å²) in [5.41, 5.74) is 0. The number of hydrazine groups is 1. The molecule has 0 aromatic heterocycles. The van der Waals surface area contributed by atoms with Crippen molar-refractivity contribution in [3.63, 3.8) is 0 Å². The number of rotatable bonds is 5. The summed E-state index contributed by atoms with van der Waals surface area (Å²) in [6.07, 6.45) is 0.0910. The summed E-state index contributed by atoms with van der Waals surface area (Å²) in [7, 11) is 0. The molecule has 0 bridgehead atoms. The van der Waals surface area contributed by atoms with Crippen molar-refractivity contribution in [2.45, 2.75) is 12.2 Å². The third kappa shape index (κ3) is 1.98. The van der Waals surface area contributed by atoms with Crippen molar-refractivity contribution in [2.75, 3.05) is 13.1 Å². The van der Waals surface area contributed by atoms with Crippen LogP contribution in [0.3, 0.4) is 0 Å². The second-order valence-electron chi connectivity index (χ2n) is 3.33. The Bertz CT molecular complexity index is 450. The minimum atomic E-state index is -4.08. The average molecular weight is 278 g/mol. The Morgan fingerprint density at radius 1 is 1.00 bits per heavy atom. The predicted molar refractivity (Wildman–Crippen MR) is 54.3 cm³/mol. The lowest BCUT2D eigenvalue weighted by atomic mass is 10.2. The Morgan fingerprint density at radius 3 is 1.84 bits per heavy atom.